The van der Waals surface area contributed by atoms with Gasteiger partial charge in [-0.2, -0.15) is 0 Å². The van der Waals surface area contributed by atoms with Crippen molar-refractivity contribution in [3.05, 3.63) is 82.6 Å². The molecular formula is C22H19ClN2O2S. The van der Waals surface area contributed by atoms with Crippen LogP contribution in [0.1, 0.15) is 16.9 Å². The Morgan fingerprint density at radius 3 is 2.57 bits per heavy atom. The van der Waals surface area contributed by atoms with E-state index in [1.54, 1.807) is 24.3 Å². The number of amides is 1. The normalized spacial score (nSPS) is 10.8. The van der Waals surface area contributed by atoms with Crippen molar-refractivity contribution < 1.29 is 9.21 Å². The Hall–Kier alpha value is -2.89. The third-order valence-corrected chi connectivity index (χ3v) is 4.49. The van der Waals surface area contributed by atoms with Gasteiger partial charge < -0.3 is 9.73 Å². The van der Waals surface area contributed by atoms with Crippen LogP contribution in [0.5, 0.6) is 0 Å². The number of hydrogen-bond acceptors (Lipinski definition) is 3. The molecule has 2 N–H and O–H groups in total. The Balaban J connectivity index is 1.58. The number of thiocarbonyl (C=S) groups is 1. The van der Waals surface area contributed by atoms with E-state index in [4.69, 9.17) is 28.2 Å². The first-order chi connectivity index (χ1) is 13.4. The summed E-state index contributed by atoms with van der Waals surface area (Å²) in [6.07, 6.45) is 2.97. The molecule has 1 aromatic heterocycles. The predicted molar refractivity (Wildman–Crippen MR) is 118 cm³/mol. The Morgan fingerprint density at radius 2 is 1.82 bits per heavy atom. The average Bonchev–Trinajstić information content (AvgIpc) is 3.12. The zero-order chi connectivity index (χ0) is 20.1. The largest absolute Gasteiger partial charge is 0.457 e. The predicted octanol–water partition coefficient (Wildman–Crippen LogP) is 5.74. The van der Waals surface area contributed by atoms with Crippen LogP contribution >= 0.6 is 23.8 Å². The minimum atomic E-state index is -0.341. The number of carbonyl (C=O) groups is 1. The fourth-order valence-electron chi connectivity index (χ4n) is 2.55. The van der Waals surface area contributed by atoms with Crippen molar-refractivity contribution >= 4 is 46.6 Å². The number of nitrogens with one attached hydrogen (secondary N) is 2. The van der Waals surface area contributed by atoms with Gasteiger partial charge in [0, 0.05) is 22.3 Å². The maximum Gasteiger partial charge on any atom is 0.250 e. The van der Waals surface area contributed by atoms with Crippen LogP contribution in [0.25, 0.3) is 17.4 Å². The highest BCUT2D eigenvalue weighted by Crippen LogP contribution is 2.24. The summed E-state index contributed by atoms with van der Waals surface area (Å²) in [7, 11) is 0. The Kier molecular flexibility index (Phi) is 6.29. The highest BCUT2D eigenvalue weighted by atomic mass is 35.5. The molecule has 142 valence electrons. The molecule has 0 radical (unpaired) electrons. The van der Waals surface area contributed by atoms with Crippen LogP contribution in [-0.2, 0) is 4.79 Å². The molecule has 0 saturated heterocycles. The topological polar surface area (TPSA) is 54.3 Å². The first kappa shape index (κ1) is 19.9. The van der Waals surface area contributed by atoms with Crippen LogP contribution in [0.4, 0.5) is 5.69 Å². The van der Waals surface area contributed by atoms with Crippen molar-refractivity contribution in [2.45, 2.75) is 13.8 Å². The van der Waals surface area contributed by atoms with E-state index in [1.807, 2.05) is 50.2 Å². The second-order valence-electron chi connectivity index (χ2n) is 6.30. The van der Waals surface area contributed by atoms with Gasteiger partial charge in [-0.1, -0.05) is 23.7 Å². The van der Waals surface area contributed by atoms with Gasteiger partial charge in [-0.3, -0.25) is 10.1 Å². The molecule has 6 heteroatoms. The van der Waals surface area contributed by atoms with Gasteiger partial charge in [0.05, 0.1) is 0 Å². The van der Waals surface area contributed by atoms with Crippen molar-refractivity contribution in [3.63, 3.8) is 0 Å². The number of furan rings is 1. The maximum atomic E-state index is 12.1. The Bertz CT molecular complexity index is 1040. The van der Waals surface area contributed by atoms with E-state index in [-0.39, 0.29) is 11.0 Å². The molecule has 0 aliphatic carbocycles. The SMILES string of the molecule is Cc1ccc(C)c(NC(=S)NC(=O)C=Cc2ccc(-c3ccc(Cl)cc3)o2)c1. The number of benzene rings is 2. The van der Waals surface area contributed by atoms with Crippen LogP contribution in [0.3, 0.4) is 0 Å². The summed E-state index contributed by atoms with van der Waals surface area (Å²) in [4.78, 5) is 12.1. The smallest absolute Gasteiger partial charge is 0.250 e. The minimum absolute atomic E-state index is 0.240. The standard InChI is InChI=1S/C22H19ClN2O2S/c1-14-3-4-15(2)19(13-14)24-22(28)25-21(26)12-10-18-9-11-20(27-18)16-5-7-17(23)8-6-16/h3-13H,1-2H3,(H2,24,25,26,28). The molecule has 3 rings (SSSR count). The summed E-state index contributed by atoms with van der Waals surface area (Å²) in [6.45, 7) is 3.97. The van der Waals surface area contributed by atoms with Crippen LogP contribution in [0, 0.1) is 13.8 Å². The van der Waals surface area contributed by atoms with Gasteiger partial charge in [0.15, 0.2) is 5.11 Å². The highest BCUT2D eigenvalue weighted by molar-refractivity contribution is 7.80. The molecule has 1 heterocycles. The fraction of sp³-hybridized carbons (Fsp3) is 0.0909. The average molecular weight is 411 g/mol. The summed E-state index contributed by atoms with van der Waals surface area (Å²) in [6, 6.07) is 17.0. The van der Waals surface area contributed by atoms with Crippen LogP contribution in [-0.4, -0.2) is 11.0 Å². The monoisotopic (exact) mass is 410 g/mol. The summed E-state index contributed by atoms with van der Waals surface area (Å²) in [5.74, 6) is 0.921. The van der Waals surface area contributed by atoms with E-state index in [0.29, 0.717) is 16.5 Å². The molecule has 4 nitrogen and oxygen atoms in total. The fourth-order valence-corrected chi connectivity index (χ4v) is 2.88. The van der Waals surface area contributed by atoms with E-state index in [9.17, 15) is 4.79 Å². The third-order valence-electron chi connectivity index (χ3n) is 4.03. The molecule has 0 atom stereocenters. The van der Waals surface area contributed by atoms with Crippen LogP contribution in [0.15, 0.2) is 65.1 Å². The maximum absolute atomic E-state index is 12.1. The number of anilines is 1. The molecule has 0 bridgehead atoms. The molecule has 0 spiro atoms. The zero-order valence-corrected chi connectivity index (χ0v) is 17.0. The van der Waals surface area contributed by atoms with E-state index in [2.05, 4.69) is 10.6 Å². The molecule has 0 fully saturated rings. The van der Waals surface area contributed by atoms with E-state index in [1.165, 1.54) is 6.08 Å². The molecule has 28 heavy (non-hydrogen) atoms. The van der Waals surface area contributed by atoms with Gasteiger partial charge in [0.25, 0.3) is 0 Å². The molecule has 0 aliphatic heterocycles. The lowest BCUT2D eigenvalue weighted by molar-refractivity contribution is -0.115. The van der Waals surface area contributed by atoms with Gasteiger partial charge in [0.1, 0.15) is 11.5 Å². The molecule has 0 aliphatic rings. The first-order valence-corrected chi connectivity index (χ1v) is 9.42. The van der Waals surface area contributed by atoms with Crippen molar-refractivity contribution in [1.82, 2.24) is 5.32 Å². The lowest BCUT2D eigenvalue weighted by Gasteiger charge is -2.11. The quantitative estimate of drug-likeness (QED) is 0.425. The summed E-state index contributed by atoms with van der Waals surface area (Å²) in [5.41, 5.74) is 3.93. The van der Waals surface area contributed by atoms with Crippen molar-refractivity contribution in [2.75, 3.05) is 5.32 Å². The molecule has 0 unspecified atom stereocenters. The lowest BCUT2D eigenvalue weighted by atomic mass is 10.1. The van der Waals surface area contributed by atoms with E-state index in [0.717, 1.165) is 22.4 Å². The highest BCUT2D eigenvalue weighted by Gasteiger charge is 2.06. The number of rotatable bonds is 4. The number of halogens is 1. The van der Waals surface area contributed by atoms with Gasteiger partial charge in [-0.25, -0.2) is 0 Å². The zero-order valence-electron chi connectivity index (χ0n) is 15.5. The second kappa shape index (κ2) is 8.87. The Morgan fingerprint density at radius 1 is 1.07 bits per heavy atom. The minimum Gasteiger partial charge on any atom is -0.457 e. The third kappa shape index (κ3) is 5.31. The van der Waals surface area contributed by atoms with Gasteiger partial charge >= 0.3 is 0 Å². The van der Waals surface area contributed by atoms with Gasteiger partial charge in [0.2, 0.25) is 5.91 Å². The summed E-state index contributed by atoms with van der Waals surface area (Å²) < 4.78 is 5.73. The van der Waals surface area contributed by atoms with E-state index >= 15 is 0 Å². The summed E-state index contributed by atoms with van der Waals surface area (Å²) in [5, 5.41) is 6.57. The molecular weight excluding hydrogens is 392 g/mol. The molecule has 0 saturated carbocycles. The number of aryl methyl sites for hydroxylation is 2. The number of hydrogen-bond donors (Lipinski definition) is 2. The van der Waals surface area contributed by atoms with E-state index < -0.39 is 0 Å². The summed E-state index contributed by atoms with van der Waals surface area (Å²) >= 11 is 11.1. The molecule has 1 amide bonds. The molecule has 2 aromatic carbocycles. The molecule has 3 aromatic rings. The first-order valence-electron chi connectivity index (χ1n) is 8.64. The lowest BCUT2D eigenvalue weighted by Crippen LogP contribution is -2.33. The van der Waals surface area contributed by atoms with Crippen molar-refractivity contribution in [2.24, 2.45) is 0 Å². The van der Waals surface area contributed by atoms with Crippen LogP contribution in [0.2, 0.25) is 5.02 Å². The van der Waals surface area contributed by atoms with Crippen molar-refractivity contribution in [3.8, 4) is 11.3 Å². The van der Waals surface area contributed by atoms with Crippen molar-refractivity contribution in [1.29, 1.82) is 0 Å². The number of carbonyl (C=O) groups excluding carboxylic acids is 1. The van der Waals surface area contributed by atoms with Gasteiger partial charge in [-0.05, 0) is 85.7 Å². The second-order valence-corrected chi connectivity index (χ2v) is 7.15. The Labute approximate surface area is 174 Å². The van der Waals surface area contributed by atoms with Gasteiger partial charge in [-0.15, -0.1) is 0 Å². The van der Waals surface area contributed by atoms with Crippen LogP contribution < -0.4 is 10.6 Å².